The summed E-state index contributed by atoms with van der Waals surface area (Å²) in [7, 11) is 4.37. The highest BCUT2D eigenvalue weighted by Crippen LogP contribution is 2.31. The predicted molar refractivity (Wildman–Crippen MR) is 106 cm³/mol. The van der Waals surface area contributed by atoms with E-state index in [1.54, 1.807) is 48.5 Å². The molecule has 0 aromatic heterocycles. The summed E-state index contributed by atoms with van der Waals surface area (Å²) >= 11 is 0. The molecule has 2 aromatic rings. The molecule has 0 aliphatic heterocycles. The van der Waals surface area contributed by atoms with Crippen molar-refractivity contribution in [1.29, 1.82) is 0 Å². The van der Waals surface area contributed by atoms with Crippen LogP contribution < -0.4 is 20.1 Å². The van der Waals surface area contributed by atoms with Gasteiger partial charge < -0.3 is 19.5 Å². The maximum Gasteiger partial charge on any atom is 0.331 e. The number of ether oxygens (including phenoxy) is 3. The smallest absolute Gasteiger partial charge is 0.331 e. The summed E-state index contributed by atoms with van der Waals surface area (Å²) < 4.78 is 15.8. The van der Waals surface area contributed by atoms with E-state index >= 15 is 0 Å². The number of esters is 1. The van der Waals surface area contributed by atoms with Crippen molar-refractivity contribution in [2.75, 3.05) is 21.3 Å². The topological polar surface area (TPSA) is 103 Å². The van der Waals surface area contributed by atoms with Crippen LogP contribution >= 0.6 is 0 Å². The Bertz CT molecular complexity index is 895. The van der Waals surface area contributed by atoms with Crippen molar-refractivity contribution in [2.45, 2.75) is 6.10 Å². The van der Waals surface area contributed by atoms with Gasteiger partial charge in [-0.1, -0.05) is 42.5 Å². The average molecular weight is 398 g/mol. The van der Waals surface area contributed by atoms with Crippen molar-refractivity contribution in [2.24, 2.45) is 0 Å². The zero-order valence-corrected chi connectivity index (χ0v) is 16.3. The molecule has 1 atom stereocenters. The van der Waals surface area contributed by atoms with E-state index in [9.17, 15) is 14.4 Å². The SMILES string of the molecule is CNC(=O)NC(=O)[C@@H](OC(=O)/C=C/c1cccc(OC)c1OC)c1ccccc1. The van der Waals surface area contributed by atoms with Crippen molar-refractivity contribution in [1.82, 2.24) is 10.6 Å². The van der Waals surface area contributed by atoms with Crippen molar-refractivity contribution in [3.8, 4) is 11.5 Å². The van der Waals surface area contributed by atoms with Crippen LogP contribution in [0, 0.1) is 0 Å². The lowest BCUT2D eigenvalue weighted by atomic mass is 10.1. The lowest BCUT2D eigenvalue weighted by Crippen LogP contribution is -2.41. The van der Waals surface area contributed by atoms with Gasteiger partial charge in [0.25, 0.3) is 5.91 Å². The van der Waals surface area contributed by atoms with Crippen LogP contribution in [0.25, 0.3) is 6.08 Å². The molecule has 29 heavy (non-hydrogen) atoms. The Morgan fingerprint density at radius 1 is 0.966 bits per heavy atom. The number of carbonyl (C=O) groups excluding carboxylic acids is 3. The summed E-state index contributed by atoms with van der Waals surface area (Å²) in [4.78, 5) is 36.2. The second-order valence-corrected chi connectivity index (χ2v) is 5.71. The van der Waals surface area contributed by atoms with Crippen molar-refractivity contribution in [3.05, 3.63) is 65.7 Å². The maximum atomic E-state index is 12.4. The molecule has 0 aliphatic carbocycles. The zero-order valence-electron chi connectivity index (χ0n) is 16.3. The molecule has 0 aliphatic rings. The Balaban J connectivity index is 2.21. The van der Waals surface area contributed by atoms with Gasteiger partial charge in [0.1, 0.15) is 0 Å². The number of hydrogen-bond donors (Lipinski definition) is 2. The quantitative estimate of drug-likeness (QED) is 0.549. The average Bonchev–Trinajstić information content (AvgIpc) is 2.75. The molecule has 0 bridgehead atoms. The first-order valence-electron chi connectivity index (χ1n) is 8.67. The summed E-state index contributed by atoms with van der Waals surface area (Å²) in [5.74, 6) is -0.571. The number of carbonyl (C=O) groups is 3. The highest BCUT2D eigenvalue weighted by molar-refractivity contribution is 5.98. The van der Waals surface area contributed by atoms with Crippen LogP contribution in [0.1, 0.15) is 17.2 Å². The summed E-state index contributed by atoms with van der Waals surface area (Å²) in [6.07, 6.45) is 1.36. The molecule has 2 rings (SSSR count). The van der Waals surface area contributed by atoms with Gasteiger partial charge in [-0.15, -0.1) is 0 Å². The molecule has 0 unspecified atom stereocenters. The standard InChI is InChI=1S/C21H22N2O6/c1-22-21(26)23-20(25)19(14-8-5-4-6-9-14)29-17(24)13-12-15-10-7-11-16(27-2)18(15)28-3/h4-13,19H,1-3H3,(H2,22,23,25,26)/b13-12+/t19-/m0/s1. The van der Waals surface area contributed by atoms with Gasteiger partial charge in [-0.25, -0.2) is 9.59 Å². The van der Waals surface area contributed by atoms with Crippen molar-refractivity contribution >= 4 is 24.0 Å². The monoisotopic (exact) mass is 398 g/mol. The van der Waals surface area contributed by atoms with Crippen LogP contribution in [0.3, 0.4) is 0 Å². The summed E-state index contributed by atoms with van der Waals surface area (Å²) in [6, 6.07) is 12.9. The van der Waals surface area contributed by atoms with E-state index in [1.807, 2.05) is 0 Å². The van der Waals surface area contributed by atoms with Crippen LogP contribution in [0.4, 0.5) is 4.79 Å². The number of urea groups is 1. The Kier molecular flexibility index (Phi) is 7.78. The van der Waals surface area contributed by atoms with E-state index in [-0.39, 0.29) is 0 Å². The number of rotatable bonds is 7. The molecular formula is C21H22N2O6. The van der Waals surface area contributed by atoms with Crippen molar-refractivity contribution in [3.63, 3.8) is 0 Å². The second kappa shape index (κ2) is 10.5. The molecule has 2 aromatic carbocycles. The van der Waals surface area contributed by atoms with Crippen LogP contribution in [0.5, 0.6) is 11.5 Å². The van der Waals surface area contributed by atoms with Crippen LogP contribution in [0.2, 0.25) is 0 Å². The Morgan fingerprint density at radius 2 is 1.69 bits per heavy atom. The maximum absolute atomic E-state index is 12.4. The third-order valence-electron chi connectivity index (χ3n) is 3.87. The predicted octanol–water partition coefficient (Wildman–Crippen LogP) is 2.46. The number of nitrogens with one attached hydrogen (secondary N) is 2. The first kappa shape index (κ1) is 21.5. The highest BCUT2D eigenvalue weighted by Gasteiger charge is 2.25. The number of para-hydroxylation sites is 1. The fourth-order valence-corrected chi connectivity index (χ4v) is 2.50. The molecule has 152 valence electrons. The van der Waals surface area contributed by atoms with E-state index in [4.69, 9.17) is 14.2 Å². The minimum absolute atomic E-state index is 0.426. The normalized spacial score (nSPS) is 11.4. The molecule has 0 spiro atoms. The van der Waals surface area contributed by atoms with Gasteiger partial charge >= 0.3 is 12.0 Å². The lowest BCUT2D eigenvalue weighted by Gasteiger charge is -2.16. The number of methoxy groups -OCH3 is 2. The number of hydrogen-bond acceptors (Lipinski definition) is 6. The molecule has 3 amide bonds. The first-order chi connectivity index (χ1) is 14.0. The highest BCUT2D eigenvalue weighted by atomic mass is 16.5. The van der Waals surface area contributed by atoms with Crippen LogP contribution in [0.15, 0.2) is 54.6 Å². The van der Waals surface area contributed by atoms with Gasteiger partial charge in [0.15, 0.2) is 11.5 Å². The third kappa shape index (κ3) is 5.83. The molecule has 8 nitrogen and oxygen atoms in total. The van der Waals surface area contributed by atoms with E-state index in [0.29, 0.717) is 22.6 Å². The molecule has 0 saturated heterocycles. The zero-order chi connectivity index (χ0) is 21.2. The lowest BCUT2D eigenvalue weighted by molar-refractivity contribution is -0.151. The third-order valence-corrected chi connectivity index (χ3v) is 3.87. The molecule has 8 heteroatoms. The molecule has 0 radical (unpaired) electrons. The Morgan fingerprint density at radius 3 is 2.31 bits per heavy atom. The Hall–Kier alpha value is -3.81. The molecule has 0 fully saturated rings. The second-order valence-electron chi connectivity index (χ2n) is 5.71. The number of amides is 3. The van der Waals surface area contributed by atoms with Crippen LogP contribution in [-0.2, 0) is 14.3 Å². The van der Waals surface area contributed by atoms with E-state index in [0.717, 1.165) is 0 Å². The van der Waals surface area contributed by atoms with E-state index in [1.165, 1.54) is 33.4 Å². The van der Waals surface area contributed by atoms with Crippen molar-refractivity contribution < 1.29 is 28.6 Å². The minimum Gasteiger partial charge on any atom is -0.493 e. The summed E-state index contributed by atoms with van der Waals surface area (Å²) in [5, 5.41) is 4.39. The summed E-state index contributed by atoms with van der Waals surface area (Å²) in [6.45, 7) is 0. The molecule has 0 heterocycles. The number of benzene rings is 2. The van der Waals surface area contributed by atoms with E-state index < -0.39 is 24.0 Å². The Labute approximate surface area is 168 Å². The minimum atomic E-state index is -1.29. The fraction of sp³-hybridized carbons (Fsp3) is 0.190. The molecule has 0 saturated carbocycles. The van der Waals surface area contributed by atoms with E-state index in [2.05, 4.69) is 10.6 Å². The molecular weight excluding hydrogens is 376 g/mol. The molecule has 2 N–H and O–H groups in total. The van der Waals surface area contributed by atoms with Crippen LogP contribution in [-0.4, -0.2) is 39.2 Å². The first-order valence-corrected chi connectivity index (χ1v) is 8.67. The summed E-state index contributed by atoms with van der Waals surface area (Å²) in [5.41, 5.74) is 1.02. The fourth-order valence-electron chi connectivity index (χ4n) is 2.50. The van der Waals surface area contributed by atoms with Gasteiger partial charge in [0.05, 0.1) is 14.2 Å². The van der Waals surface area contributed by atoms with Gasteiger partial charge in [-0.3, -0.25) is 10.1 Å². The van der Waals surface area contributed by atoms with Gasteiger partial charge in [-0.2, -0.15) is 0 Å². The van der Waals surface area contributed by atoms with Gasteiger partial charge in [0.2, 0.25) is 6.10 Å². The number of imide groups is 1. The largest absolute Gasteiger partial charge is 0.493 e. The van der Waals surface area contributed by atoms with Gasteiger partial charge in [0, 0.05) is 24.3 Å². The van der Waals surface area contributed by atoms with Gasteiger partial charge in [-0.05, 0) is 12.1 Å².